The SMILES string of the molecule is CC1OC(C)(C)C2Cc3c(ccc4c3C3CC5CCC6(O)C78OC7C(O)C(C(C)(C)O)OC8CCC6(C)C5(C)C3N4)C(=O)C12. The number of aliphatic hydroxyl groups is 3. The van der Waals surface area contributed by atoms with Gasteiger partial charge in [0.1, 0.15) is 23.9 Å². The van der Waals surface area contributed by atoms with Crippen LogP contribution in [0.3, 0.4) is 0 Å². The third-order valence-corrected chi connectivity index (χ3v) is 15.1. The number of Topliss-reactive ketones (excluding diaryl/α,β-unsaturated/α-hetero) is 1. The number of anilines is 1. The number of fused-ring (bicyclic) bond motifs is 10. The number of aliphatic hydroxyl groups excluding tert-OH is 1. The topological polar surface area (TPSA) is 121 Å². The standard InChI is InChI=1S/C36H49NO7/c1-16-24-21(32(4,5)43-16)15-19-18(26(24)38)8-9-22-25(19)20-14-17-10-13-35(41)33(6,34(17,7)28(20)37-22)12-11-23-36(35)30(44-36)27(39)29(42-23)31(2,3)40/h8-9,16-17,20-21,23-24,27-30,37,39-41H,10-15H2,1-7H3. The van der Waals surface area contributed by atoms with Gasteiger partial charge in [-0.05, 0) is 108 Å². The van der Waals surface area contributed by atoms with E-state index in [-0.39, 0.29) is 52.8 Å². The quantitative estimate of drug-likeness (QED) is 0.352. The van der Waals surface area contributed by atoms with Gasteiger partial charge in [0, 0.05) is 34.5 Å². The molecule has 1 aromatic rings. The van der Waals surface area contributed by atoms with E-state index in [0.717, 1.165) is 36.9 Å². The van der Waals surface area contributed by atoms with Gasteiger partial charge in [-0.2, -0.15) is 0 Å². The number of nitrogens with one attached hydrogen (secondary N) is 1. The average molecular weight is 608 g/mol. The van der Waals surface area contributed by atoms with Gasteiger partial charge >= 0.3 is 0 Å². The zero-order valence-corrected chi connectivity index (χ0v) is 27.1. The molecular weight excluding hydrogens is 558 g/mol. The lowest BCUT2D eigenvalue weighted by molar-refractivity contribution is -0.292. The monoisotopic (exact) mass is 607 g/mol. The molecule has 8 heteroatoms. The molecule has 44 heavy (non-hydrogen) atoms. The van der Waals surface area contributed by atoms with Crippen LogP contribution in [0.25, 0.3) is 0 Å². The third kappa shape index (κ3) is 2.94. The van der Waals surface area contributed by atoms with Gasteiger partial charge in [0.15, 0.2) is 11.4 Å². The molecule has 0 radical (unpaired) electrons. The molecule has 4 aliphatic carbocycles. The summed E-state index contributed by atoms with van der Waals surface area (Å²) in [6.45, 7) is 14.3. The Hall–Kier alpha value is -1.55. The highest BCUT2D eigenvalue weighted by atomic mass is 16.7. The molecule has 4 aliphatic heterocycles. The van der Waals surface area contributed by atoms with Crippen LogP contribution < -0.4 is 5.32 Å². The molecule has 4 heterocycles. The van der Waals surface area contributed by atoms with Crippen LogP contribution in [0.5, 0.6) is 0 Å². The van der Waals surface area contributed by atoms with Crippen molar-refractivity contribution in [2.75, 3.05) is 5.32 Å². The molecule has 3 saturated heterocycles. The lowest BCUT2D eigenvalue weighted by Crippen LogP contribution is -2.77. The summed E-state index contributed by atoms with van der Waals surface area (Å²) < 4.78 is 19.3. The highest BCUT2D eigenvalue weighted by Crippen LogP contribution is 2.77. The van der Waals surface area contributed by atoms with E-state index in [1.807, 2.05) is 13.0 Å². The number of hydrogen-bond donors (Lipinski definition) is 4. The van der Waals surface area contributed by atoms with Crippen LogP contribution in [0.15, 0.2) is 12.1 Å². The van der Waals surface area contributed by atoms with Gasteiger partial charge in [0.05, 0.1) is 29.3 Å². The second-order valence-corrected chi connectivity index (χ2v) is 17.4. The molecule has 0 bridgehead atoms. The van der Waals surface area contributed by atoms with E-state index in [0.29, 0.717) is 18.8 Å². The average Bonchev–Trinajstić information content (AvgIpc) is 3.42. The van der Waals surface area contributed by atoms with Gasteiger partial charge in [0.25, 0.3) is 0 Å². The molecule has 1 aromatic carbocycles. The minimum absolute atomic E-state index is 0.0790. The highest BCUT2D eigenvalue weighted by Gasteiger charge is 2.87. The van der Waals surface area contributed by atoms with Crippen molar-refractivity contribution in [2.24, 2.45) is 28.6 Å². The van der Waals surface area contributed by atoms with Crippen LogP contribution in [-0.2, 0) is 20.6 Å². The third-order valence-electron chi connectivity index (χ3n) is 15.1. The second kappa shape index (κ2) is 8.11. The maximum atomic E-state index is 14.0. The van der Waals surface area contributed by atoms with E-state index in [9.17, 15) is 20.1 Å². The summed E-state index contributed by atoms with van der Waals surface area (Å²) in [5.74, 6) is 0.969. The number of benzene rings is 1. The summed E-state index contributed by atoms with van der Waals surface area (Å²) in [5.41, 5.74) is 0.106. The smallest absolute Gasteiger partial charge is 0.169 e. The van der Waals surface area contributed by atoms with Crippen molar-refractivity contribution in [3.05, 3.63) is 28.8 Å². The van der Waals surface area contributed by atoms with Crippen LogP contribution in [0.1, 0.15) is 108 Å². The van der Waals surface area contributed by atoms with Gasteiger partial charge in [0.2, 0.25) is 0 Å². The van der Waals surface area contributed by atoms with Crippen molar-refractivity contribution < 1.29 is 34.3 Å². The van der Waals surface area contributed by atoms with Crippen LogP contribution in [-0.4, -0.2) is 80.1 Å². The highest BCUT2D eigenvalue weighted by molar-refractivity contribution is 6.02. The van der Waals surface area contributed by atoms with E-state index >= 15 is 0 Å². The van der Waals surface area contributed by atoms with Gasteiger partial charge in [-0.25, -0.2) is 0 Å². The summed E-state index contributed by atoms with van der Waals surface area (Å²) in [6.07, 6.45) is 2.07. The van der Waals surface area contributed by atoms with Gasteiger partial charge in [-0.3, -0.25) is 4.79 Å². The first-order valence-electron chi connectivity index (χ1n) is 17.1. The second-order valence-electron chi connectivity index (χ2n) is 17.4. The maximum Gasteiger partial charge on any atom is 0.169 e. The molecule has 14 atom stereocenters. The summed E-state index contributed by atoms with van der Waals surface area (Å²) in [6, 6.07) is 4.29. The van der Waals surface area contributed by atoms with Crippen LogP contribution in [0, 0.1) is 28.6 Å². The molecule has 0 amide bonds. The van der Waals surface area contributed by atoms with Crippen LogP contribution >= 0.6 is 0 Å². The first-order valence-corrected chi connectivity index (χ1v) is 17.1. The van der Waals surface area contributed by atoms with Gasteiger partial charge in [-0.15, -0.1) is 0 Å². The fourth-order valence-electron chi connectivity index (χ4n) is 12.9. The molecule has 14 unspecified atom stereocenters. The number of ketones is 1. The molecule has 3 saturated carbocycles. The van der Waals surface area contributed by atoms with Crippen LogP contribution in [0.2, 0.25) is 0 Å². The van der Waals surface area contributed by atoms with Crippen molar-refractivity contribution in [1.82, 2.24) is 0 Å². The predicted molar refractivity (Wildman–Crippen MR) is 163 cm³/mol. The molecule has 6 fully saturated rings. The molecular formula is C36H49NO7. The Bertz CT molecular complexity index is 1490. The fourth-order valence-corrected chi connectivity index (χ4v) is 12.9. The zero-order valence-electron chi connectivity index (χ0n) is 27.1. The van der Waals surface area contributed by atoms with Gasteiger partial charge < -0.3 is 34.8 Å². The summed E-state index contributed by atoms with van der Waals surface area (Å²) in [4.78, 5) is 14.0. The van der Waals surface area contributed by atoms with E-state index in [1.54, 1.807) is 13.8 Å². The molecule has 9 rings (SSSR count). The molecule has 8 aliphatic rings. The Kier molecular flexibility index (Phi) is 5.28. The Labute approximate surface area is 260 Å². The van der Waals surface area contributed by atoms with Crippen molar-refractivity contribution >= 4 is 11.5 Å². The van der Waals surface area contributed by atoms with Crippen molar-refractivity contribution in [3.63, 3.8) is 0 Å². The largest absolute Gasteiger partial charge is 0.388 e. The first kappa shape index (κ1) is 28.7. The Balaban J connectivity index is 1.10. The first-order chi connectivity index (χ1) is 20.5. The number of ether oxygens (including phenoxy) is 3. The Morgan fingerprint density at radius 1 is 1.07 bits per heavy atom. The normalized spacial score (nSPS) is 54.1. The Morgan fingerprint density at radius 3 is 2.55 bits per heavy atom. The van der Waals surface area contributed by atoms with E-state index in [4.69, 9.17) is 14.2 Å². The lowest BCUT2D eigenvalue weighted by atomic mass is 9.40. The Morgan fingerprint density at radius 2 is 1.82 bits per heavy atom. The van der Waals surface area contributed by atoms with E-state index in [1.165, 1.54) is 11.1 Å². The number of hydrogen-bond acceptors (Lipinski definition) is 8. The maximum absolute atomic E-state index is 14.0. The van der Waals surface area contributed by atoms with E-state index in [2.05, 4.69) is 39.1 Å². The van der Waals surface area contributed by atoms with Crippen molar-refractivity contribution in [3.8, 4) is 0 Å². The van der Waals surface area contributed by atoms with Crippen LogP contribution in [0.4, 0.5) is 5.69 Å². The summed E-state index contributed by atoms with van der Waals surface area (Å²) >= 11 is 0. The summed E-state index contributed by atoms with van der Waals surface area (Å²) in [5, 5.41) is 39.2. The molecule has 4 N–H and O–H groups in total. The number of epoxide rings is 1. The molecule has 8 nitrogen and oxygen atoms in total. The lowest BCUT2D eigenvalue weighted by Gasteiger charge is -2.67. The minimum atomic E-state index is -1.22. The zero-order chi connectivity index (χ0) is 31.1. The fraction of sp³-hybridized carbons (Fsp3) is 0.806. The van der Waals surface area contributed by atoms with Crippen molar-refractivity contribution in [1.29, 1.82) is 0 Å². The summed E-state index contributed by atoms with van der Waals surface area (Å²) in [7, 11) is 0. The van der Waals surface area contributed by atoms with E-state index < -0.39 is 40.5 Å². The minimum Gasteiger partial charge on any atom is -0.388 e. The molecule has 0 aromatic heterocycles. The molecule has 240 valence electrons. The number of rotatable bonds is 1. The van der Waals surface area contributed by atoms with Crippen molar-refractivity contribution in [2.45, 2.75) is 152 Å². The predicted octanol–water partition coefficient (Wildman–Crippen LogP) is 4.12. The number of carbonyl (C=O) groups is 1. The molecule has 1 spiro atoms. The number of carbonyl (C=O) groups excluding carboxylic acids is 1. The van der Waals surface area contributed by atoms with Gasteiger partial charge in [-0.1, -0.05) is 13.8 Å².